The Morgan fingerprint density at radius 2 is 1.58 bits per heavy atom. The van der Waals surface area contributed by atoms with Gasteiger partial charge in [0.25, 0.3) is 0 Å². The monoisotopic (exact) mass is 523 g/mol. The molecule has 2 heterocycles. The number of morpholine rings is 1. The fourth-order valence-corrected chi connectivity index (χ4v) is 5.37. The maximum Gasteiger partial charge on any atom is 0.416 e. The lowest BCUT2D eigenvalue weighted by Crippen LogP contribution is -2.36. The third kappa shape index (κ3) is 3.96. The Bertz CT molecular complexity index is 1590. The van der Waals surface area contributed by atoms with E-state index in [0.717, 1.165) is 30.9 Å². The van der Waals surface area contributed by atoms with Crippen molar-refractivity contribution in [1.82, 2.24) is 9.13 Å². The lowest BCUT2D eigenvalue weighted by molar-refractivity contribution is -0.137. The predicted molar refractivity (Wildman–Crippen MR) is 135 cm³/mol. The van der Waals surface area contributed by atoms with Crippen molar-refractivity contribution in [3.8, 4) is 5.69 Å². The second kappa shape index (κ2) is 8.76. The minimum Gasteiger partial charge on any atom is -0.478 e. The van der Waals surface area contributed by atoms with E-state index >= 15 is 0 Å². The van der Waals surface area contributed by atoms with Crippen LogP contribution in [0.5, 0.6) is 0 Å². The second-order valence-corrected chi connectivity index (χ2v) is 9.69. The number of nitrogens with zero attached hydrogens (tertiary/aromatic N) is 3. The number of halogens is 3. The van der Waals surface area contributed by atoms with Gasteiger partial charge in [-0.05, 0) is 73.0 Å². The summed E-state index contributed by atoms with van der Waals surface area (Å²) < 4.78 is 49.3. The van der Waals surface area contributed by atoms with Crippen LogP contribution in [-0.4, -0.2) is 46.5 Å². The SMILES string of the molecule is O=C(O)c1cccc(C2(n3c(=O)n(-c4ccc(N5CCOCC5)cc4)c4cc(C(F)(F)F)ccc43)CC2)c1. The van der Waals surface area contributed by atoms with Gasteiger partial charge in [-0.15, -0.1) is 0 Å². The number of fused-ring (bicyclic) bond motifs is 1. The summed E-state index contributed by atoms with van der Waals surface area (Å²) in [6.45, 7) is 2.68. The third-order valence-electron chi connectivity index (χ3n) is 7.45. The fraction of sp³-hybridized carbons (Fsp3) is 0.286. The molecule has 0 amide bonds. The number of carboxylic acids is 1. The molecule has 4 aromatic rings. The van der Waals surface area contributed by atoms with Gasteiger partial charge < -0.3 is 14.7 Å². The molecule has 3 aromatic carbocycles. The Hall–Kier alpha value is -4.05. The zero-order chi connectivity index (χ0) is 26.7. The summed E-state index contributed by atoms with van der Waals surface area (Å²) >= 11 is 0. The van der Waals surface area contributed by atoms with E-state index in [1.165, 1.54) is 27.3 Å². The minimum atomic E-state index is -4.58. The van der Waals surface area contributed by atoms with E-state index in [9.17, 15) is 27.9 Å². The number of hydrogen-bond donors (Lipinski definition) is 1. The van der Waals surface area contributed by atoms with E-state index in [-0.39, 0.29) is 11.1 Å². The molecule has 10 heteroatoms. The van der Waals surface area contributed by atoms with Crippen molar-refractivity contribution in [3.63, 3.8) is 0 Å². The van der Waals surface area contributed by atoms with Crippen molar-refractivity contribution in [3.05, 3.63) is 93.9 Å². The molecule has 1 aliphatic carbocycles. The minimum absolute atomic E-state index is 0.0867. The smallest absolute Gasteiger partial charge is 0.416 e. The number of hydrogen-bond acceptors (Lipinski definition) is 4. The summed E-state index contributed by atoms with van der Waals surface area (Å²) in [5.74, 6) is -1.09. The highest BCUT2D eigenvalue weighted by molar-refractivity contribution is 5.88. The predicted octanol–water partition coefficient (Wildman–Crippen LogP) is 4.88. The molecule has 1 N–H and O–H groups in total. The third-order valence-corrected chi connectivity index (χ3v) is 7.45. The van der Waals surface area contributed by atoms with Crippen molar-refractivity contribution >= 4 is 22.7 Å². The summed E-state index contributed by atoms with van der Waals surface area (Å²) in [6, 6.07) is 16.9. The maximum atomic E-state index is 14.0. The number of imidazole rings is 1. The Kier molecular flexibility index (Phi) is 5.60. The summed E-state index contributed by atoms with van der Waals surface area (Å²) in [7, 11) is 0. The fourth-order valence-electron chi connectivity index (χ4n) is 5.37. The van der Waals surface area contributed by atoms with Gasteiger partial charge in [0.05, 0.1) is 46.6 Å². The molecule has 196 valence electrons. The van der Waals surface area contributed by atoms with E-state index in [1.54, 1.807) is 24.3 Å². The zero-order valence-corrected chi connectivity index (χ0v) is 20.2. The van der Waals surface area contributed by atoms with Gasteiger partial charge in [0.15, 0.2) is 0 Å². The van der Waals surface area contributed by atoms with Crippen LogP contribution in [0.3, 0.4) is 0 Å². The van der Waals surface area contributed by atoms with Gasteiger partial charge in [0, 0.05) is 18.8 Å². The Morgan fingerprint density at radius 1 is 0.895 bits per heavy atom. The number of alkyl halides is 3. The van der Waals surface area contributed by atoms with E-state index < -0.39 is 28.9 Å². The summed E-state index contributed by atoms with van der Waals surface area (Å²) in [5.41, 5.74) is 0.460. The largest absolute Gasteiger partial charge is 0.478 e. The van der Waals surface area contributed by atoms with Crippen molar-refractivity contribution in [2.24, 2.45) is 0 Å². The van der Waals surface area contributed by atoms with Gasteiger partial charge in [-0.25, -0.2) is 9.59 Å². The van der Waals surface area contributed by atoms with Gasteiger partial charge in [-0.2, -0.15) is 13.2 Å². The Morgan fingerprint density at radius 3 is 2.21 bits per heavy atom. The molecule has 2 fully saturated rings. The highest BCUT2D eigenvalue weighted by Gasteiger charge is 2.49. The van der Waals surface area contributed by atoms with Crippen LogP contribution in [0.1, 0.15) is 34.3 Å². The first-order chi connectivity index (χ1) is 18.2. The lowest BCUT2D eigenvalue weighted by atomic mass is 10.0. The molecule has 0 radical (unpaired) electrons. The van der Waals surface area contributed by atoms with Crippen LogP contribution in [0.25, 0.3) is 16.7 Å². The summed E-state index contributed by atoms with van der Waals surface area (Å²) in [4.78, 5) is 27.8. The molecular weight excluding hydrogens is 499 g/mol. The molecule has 1 aliphatic heterocycles. The molecule has 1 aromatic heterocycles. The molecular formula is C28H24F3N3O4. The molecule has 38 heavy (non-hydrogen) atoms. The van der Waals surface area contributed by atoms with Crippen LogP contribution in [0, 0.1) is 0 Å². The second-order valence-electron chi connectivity index (χ2n) is 9.69. The van der Waals surface area contributed by atoms with Crippen LogP contribution >= 0.6 is 0 Å². The molecule has 0 spiro atoms. The average Bonchev–Trinajstić information content (AvgIpc) is 3.66. The van der Waals surface area contributed by atoms with Gasteiger partial charge in [0.2, 0.25) is 0 Å². The molecule has 7 nitrogen and oxygen atoms in total. The van der Waals surface area contributed by atoms with Crippen molar-refractivity contribution in [2.75, 3.05) is 31.2 Å². The molecule has 0 atom stereocenters. The zero-order valence-electron chi connectivity index (χ0n) is 20.2. The van der Waals surface area contributed by atoms with Crippen LogP contribution in [0.4, 0.5) is 18.9 Å². The summed E-state index contributed by atoms with van der Waals surface area (Å²) in [6.07, 6.45) is -3.46. The number of carboxylic acid groups (broad SMARTS) is 1. The highest BCUT2D eigenvalue weighted by atomic mass is 19.4. The van der Waals surface area contributed by atoms with Gasteiger partial charge >= 0.3 is 17.8 Å². The number of aromatic nitrogens is 2. The molecule has 0 unspecified atom stereocenters. The van der Waals surface area contributed by atoms with E-state index in [2.05, 4.69) is 4.90 Å². The first kappa shape index (κ1) is 24.3. The number of ether oxygens (including phenoxy) is 1. The number of rotatable bonds is 5. The molecule has 6 rings (SSSR count). The van der Waals surface area contributed by atoms with Crippen LogP contribution in [0.15, 0.2) is 71.5 Å². The van der Waals surface area contributed by atoms with Crippen molar-refractivity contribution in [1.29, 1.82) is 0 Å². The number of benzene rings is 3. The van der Waals surface area contributed by atoms with Crippen molar-refractivity contribution < 1.29 is 27.8 Å². The molecule has 1 saturated heterocycles. The first-order valence-electron chi connectivity index (χ1n) is 12.3. The van der Waals surface area contributed by atoms with Crippen molar-refractivity contribution in [2.45, 2.75) is 24.6 Å². The maximum absolute atomic E-state index is 14.0. The Labute approximate surface area is 215 Å². The molecule has 2 aliphatic rings. The average molecular weight is 524 g/mol. The quantitative estimate of drug-likeness (QED) is 0.404. The van der Waals surface area contributed by atoms with Crippen LogP contribution in [-0.2, 0) is 16.5 Å². The van der Waals surface area contributed by atoms with Crippen LogP contribution < -0.4 is 10.6 Å². The van der Waals surface area contributed by atoms with E-state index in [0.29, 0.717) is 42.8 Å². The standard InChI is InChI=1S/C28H24F3N3O4/c29-28(30,31)20-4-9-23-24(17-20)33(22-7-5-21(6-8-22)32-12-14-38-15-13-32)26(37)34(23)27(10-11-27)19-3-1-2-18(16-19)25(35)36/h1-9,16-17H,10-15H2,(H,35,36). The van der Waals surface area contributed by atoms with Gasteiger partial charge in [-0.1, -0.05) is 12.1 Å². The first-order valence-corrected chi connectivity index (χ1v) is 12.3. The Balaban J connectivity index is 1.53. The number of anilines is 1. The number of aromatic carboxylic acids is 1. The van der Waals surface area contributed by atoms with E-state index in [4.69, 9.17) is 4.74 Å². The van der Waals surface area contributed by atoms with Gasteiger partial charge in [0.1, 0.15) is 0 Å². The highest BCUT2D eigenvalue weighted by Crippen LogP contribution is 2.50. The van der Waals surface area contributed by atoms with E-state index in [1.807, 2.05) is 12.1 Å². The number of carbonyl (C=O) groups is 1. The normalized spacial score (nSPS) is 17.1. The molecule has 0 bridgehead atoms. The van der Waals surface area contributed by atoms with Crippen LogP contribution in [0.2, 0.25) is 0 Å². The van der Waals surface area contributed by atoms with Gasteiger partial charge in [-0.3, -0.25) is 9.13 Å². The topological polar surface area (TPSA) is 76.7 Å². The molecule has 1 saturated carbocycles. The summed E-state index contributed by atoms with van der Waals surface area (Å²) in [5, 5.41) is 9.48. The lowest BCUT2D eigenvalue weighted by Gasteiger charge is -2.28.